The minimum atomic E-state index is 0.288. The fourth-order valence-corrected chi connectivity index (χ4v) is 1.29. The monoisotopic (exact) mass is 217 g/mol. The van der Waals surface area contributed by atoms with Crippen molar-refractivity contribution in [2.24, 2.45) is 4.99 Å². The Morgan fingerprint density at radius 1 is 1.38 bits per heavy atom. The number of aromatic nitrogens is 2. The second-order valence-electron chi connectivity index (χ2n) is 2.16. The van der Waals surface area contributed by atoms with E-state index in [0.717, 1.165) is 0 Å². The maximum absolute atomic E-state index is 9.78. The van der Waals surface area contributed by atoms with Crippen LogP contribution in [0.4, 0.5) is 0 Å². The van der Waals surface area contributed by atoms with E-state index in [1.54, 1.807) is 0 Å². The number of hydrogen-bond acceptors (Lipinski definition) is 4. The topological polar surface area (TPSA) is 55.2 Å². The summed E-state index contributed by atoms with van der Waals surface area (Å²) in [4.78, 5) is 20.6. The second-order valence-corrected chi connectivity index (χ2v) is 2.87. The smallest absolute Gasteiger partial charge is 0.224 e. The first kappa shape index (κ1) is 10.1. The summed E-state index contributed by atoms with van der Waals surface area (Å²) in [5.74, 6) is 0. The van der Waals surface area contributed by atoms with E-state index in [0.29, 0.717) is 22.3 Å². The van der Waals surface area contributed by atoms with Crippen LogP contribution >= 0.6 is 23.2 Å². The Balaban J connectivity index is 2.80. The summed E-state index contributed by atoms with van der Waals surface area (Å²) in [5.41, 5.74) is 0.602. The highest BCUT2D eigenvalue weighted by atomic mass is 35.5. The fourth-order valence-electron chi connectivity index (χ4n) is 0.791. The Kier molecular flexibility index (Phi) is 3.83. The number of rotatable bonds is 3. The summed E-state index contributed by atoms with van der Waals surface area (Å²) in [7, 11) is 0. The minimum Gasteiger partial charge on any atom is -0.224 e. The van der Waals surface area contributed by atoms with Crippen molar-refractivity contribution in [2.45, 2.75) is 6.42 Å². The number of isocyanates is 1. The van der Waals surface area contributed by atoms with Crippen LogP contribution in [-0.2, 0) is 11.2 Å². The maximum atomic E-state index is 9.78. The van der Waals surface area contributed by atoms with Gasteiger partial charge in [0.1, 0.15) is 16.6 Å². The van der Waals surface area contributed by atoms with E-state index in [2.05, 4.69) is 15.0 Å². The molecule has 0 amide bonds. The molecule has 0 aliphatic heterocycles. The summed E-state index contributed by atoms with van der Waals surface area (Å²) in [6.45, 7) is 0.288. The molecule has 0 saturated heterocycles. The quantitative estimate of drug-likeness (QED) is 0.440. The summed E-state index contributed by atoms with van der Waals surface area (Å²) >= 11 is 11.5. The van der Waals surface area contributed by atoms with Crippen LogP contribution in [0.2, 0.25) is 10.3 Å². The lowest BCUT2D eigenvalue weighted by Gasteiger charge is -2.01. The Morgan fingerprint density at radius 2 is 2.00 bits per heavy atom. The molecule has 0 fully saturated rings. The molecule has 0 aliphatic carbocycles. The van der Waals surface area contributed by atoms with Crippen molar-refractivity contribution in [1.29, 1.82) is 0 Å². The molecule has 0 bridgehead atoms. The highest BCUT2D eigenvalue weighted by Gasteiger charge is 2.06. The van der Waals surface area contributed by atoms with Gasteiger partial charge in [-0.3, -0.25) is 0 Å². The molecule has 13 heavy (non-hydrogen) atoms. The summed E-state index contributed by atoms with van der Waals surface area (Å²) in [6, 6.07) is 0. The van der Waals surface area contributed by atoms with Crippen LogP contribution < -0.4 is 0 Å². The van der Waals surface area contributed by atoms with Gasteiger partial charge in [-0.05, 0) is 6.42 Å². The average molecular weight is 218 g/mol. The molecule has 4 nitrogen and oxygen atoms in total. The van der Waals surface area contributed by atoms with Crippen molar-refractivity contribution in [1.82, 2.24) is 9.97 Å². The lowest BCUT2D eigenvalue weighted by molar-refractivity contribution is 0.563. The second kappa shape index (κ2) is 4.92. The van der Waals surface area contributed by atoms with Crippen molar-refractivity contribution >= 4 is 29.3 Å². The molecule has 1 rings (SSSR count). The lowest BCUT2D eigenvalue weighted by Crippen LogP contribution is -1.95. The standard InChI is InChI=1S/C7H5Cl2N3O/c8-6-5(1-2-10-4-13)7(9)12-3-11-6/h3H,1-2H2. The van der Waals surface area contributed by atoms with E-state index >= 15 is 0 Å². The first-order valence-electron chi connectivity index (χ1n) is 3.44. The Labute approximate surface area is 84.6 Å². The van der Waals surface area contributed by atoms with Gasteiger partial charge in [0.05, 0.1) is 6.54 Å². The van der Waals surface area contributed by atoms with Crippen LogP contribution in [0, 0.1) is 0 Å². The third kappa shape index (κ3) is 2.77. The van der Waals surface area contributed by atoms with Crippen LogP contribution in [0.25, 0.3) is 0 Å². The predicted molar refractivity (Wildman–Crippen MR) is 48.7 cm³/mol. The molecule has 1 aromatic rings. The molecule has 68 valence electrons. The minimum absolute atomic E-state index is 0.288. The highest BCUT2D eigenvalue weighted by molar-refractivity contribution is 6.34. The third-order valence-corrected chi connectivity index (χ3v) is 2.03. The normalized spacial score (nSPS) is 9.38. The molecule has 6 heteroatoms. The van der Waals surface area contributed by atoms with Gasteiger partial charge in [0.25, 0.3) is 0 Å². The largest absolute Gasteiger partial charge is 0.234 e. The molecule has 0 saturated carbocycles. The Hall–Kier alpha value is -0.960. The van der Waals surface area contributed by atoms with Gasteiger partial charge in [0.2, 0.25) is 6.08 Å². The molecule has 0 N–H and O–H groups in total. The summed E-state index contributed by atoms with van der Waals surface area (Å²) < 4.78 is 0. The van der Waals surface area contributed by atoms with Gasteiger partial charge in [0, 0.05) is 5.56 Å². The summed E-state index contributed by atoms with van der Waals surface area (Å²) in [6.07, 6.45) is 3.14. The predicted octanol–water partition coefficient (Wildman–Crippen LogP) is 1.66. The number of hydrogen-bond donors (Lipinski definition) is 0. The number of carbonyl (C=O) groups excluding carboxylic acids is 1. The van der Waals surface area contributed by atoms with Crippen LogP contribution in [0.15, 0.2) is 11.3 Å². The SMILES string of the molecule is O=C=NCCc1c(Cl)ncnc1Cl. The van der Waals surface area contributed by atoms with E-state index in [9.17, 15) is 4.79 Å². The number of halogens is 2. The fraction of sp³-hybridized carbons (Fsp3) is 0.286. The lowest BCUT2D eigenvalue weighted by atomic mass is 10.2. The zero-order valence-corrected chi connectivity index (χ0v) is 8.01. The van der Waals surface area contributed by atoms with Gasteiger partial charge in [-0.25, -0.2) is 19.8 Å². The molecular formula is C7H5Cl2N3O. The van der Waals surface area contributed by atoms with Crippen molar-refractivity contribution < 1.29 is 4.79 Å². The number of aliphatic imine (C=N–C) groups is 1. The van der Waals surface area contributed by atoms with E-state index in [1.165, 1.54) is 12.4 Å². The molecule has 0 aliphatic rings. The molecule has 0 spiro atoms. The Morgan fingerprint density at radius 3 is 2.54 bits per heavy atom. The zero-order valence-electron chi connectivity index (χ0n) is 6.50. The van der Waals surface area contributed by atoms with Gasteiger partial charge in [-0.2, -0.15) is 0 Å². The van der Waals surface area contributed by atoms with Crippen molar-refractivity contribution in [3.8, 4) is 0 Å². The van der Waals surface area contributed by atoms with E-state index in [1.807, 2.05) is 0 Å². The zero-order chi connectivity index (χ0) is 9.68. The molecule has 0 radical (unpaired) electrons. The van der Waals surface area contributed by atoms with E-state index in [4.69, 9.17) is 23.2 Å². The van der Waals surface area contributed by atoms with Crippen LogP contribution in [0.5, 0.6) is 0 Å². The van der Waals surface area contributed by atoms with Gasteiger partial charge in [-0.15, -0.1) is 0 Å². The molecule has 1 aromatic heterocycles. The molecule has 0 unspecified atom stereocenters. The van der Waals surface area contributed by atoms with Crippen LogP contribution in [0.1, 0.15) is 5.56 Å². The van der Waals surface area contributed by atoms with Gasteiger partial charge < -0.3 is 0 Å². The van der Waals surface area contributed by atoms with Crippen molar-refractivity contribution in [3.05, 3.63) is 22.2 Å². The van der Waals surface area contributed by atoms with Gasteiger partial charge in [0.15, 0.2) is 0 Å². The van der Waals surface area contributed by atoms with E-state index in [-0.39, 0.29) is 6.54 Å². The third-order valence-electron chi connectivity index (χ3n) is 1.38. The maximum Gasteiger partial charge on any atom is 0.234 e. The van der Waals surface area contributed by atoms with Crippen LogP contribution in [0.3, 0.4) is 0 Å². The first-order chi connectivity index (χ1) is 6.25. The van der Waals surface area contributed by atoms with Gasteiger partial charge in [-0.1, -0.05) is 23.2 Å². The average Bonchev–Trinajstić information content (AvgIpc) is 2.10. The molecule has 0 aromatic carbocycles. The highest BCUT2D eigenvalue weighted by Crippen LogP contribution is 2.19. The van der Waals surface area contributed by atoms with Crippen molar-refractivity contribution in [3.63, 3.8) is 0 Å². The van der Waals surface area contributed by atoms with Crippen LogP contribution in [-0.4, -0.2) is 22.6 Å². The Bertz CT molecular complexity index is 329. The molecule has 0 atom stereocenters. The first-order valence-corrected chi connectivity index (χ1v) is 4.20. The molecule has 1 heterocycles. The van der Waals surface area contributed by atoms with Gasteiger partial charge >= 0.3 is 0 Å². The summed E-state index contributed by atoms with van der Waals surface area (Å²) in [5, 5.41) is 0.585. The number of nitrogens with zero attached hydrogens (tertiary/aromatic N) is 3. The molecular weight excluding hydrogens is 213 g/mol. The van der Waals surface area contributed by atoms with E-state index < -0.39 is 0 Å². The van der Waals surface area contributed by atoms with Crippen molar-refractivity contribution in [2.75, 3.05) is 6.54 Å².